The monoisotopic (exact) mass is 308 g/mol. The van der Waals surface area contributed by atoms with Gasteiger partial charge in [0.05, 0.1) is 12.3 Å². The van der Waals surface area contributed by atoms with E-state index in [0.29, 0.717) is 10.8 Å². The molecular formula is C13H12N2O3S2. The van der Waals surface area contributed by atoms with Crippen molar-refractivity contribution in [2.75, 3.05) is 5.75 Å². The first kappa shape index (κ1) is 14.5. The SMILES string of the molecule is O=C(CSc1ccccc1)NCc1nc(C(=O)O)cs1. The Morgan fingerprint density at radius 1 is 1.30 bits per heavy atom. The van der Waals surface area contributed by atoms with Crippen LogP contribution in [0.1, 0.15) is 15.5 Å². The molecule has 7 heteroatoms. The highest BCUT2D eigenvalue weighted by molar-refractivity contribution is 8.00. The first-order valence-corrected chi connectivity index (χ1v) is 7.64. The minimum Gasteiger partial charge on any atom is -0.476 e. The molecule has 104 valence electrons. The number of carboxylic acid groups (broad SMARTS) is 1. The highest BCUT2D eigenvalue weighted by Gasteiger charge is 2.09. The van der Waals surface area contributed by atoms with E-state index in [1.807, 2.05) is 30.3 Å². The second kappa shape index (κ2) is 7.06. The maximum Gasteiger partial charge on any atom is 0.355 e. The fourth-order valence-electron chi connectivity index (χ4n) is 1.38. The summed E-state index contributed by atoms with van der Waals surface area (Å²) >= 11 is 2.67. The number of carbonyl (C=O) groups is 2. The standard InChI is InChI=1S/C13H12N2O3S2/c16-11(8-19-9-4-2-1-3-5-9)14-6-12-15-10(7-20-12)13(17)18/h1-5,7H,6,8H2,(H,14,16)(H,17,18). The average molecular weight is 308 g/mol. The van der Waals surface area contributed by atoms with Crippen LogP contribution in [0.5, 0.6) is 0 Å². The molecule has 1 aromatic carbocycles. The van der Waals surface area contributed by atoms with Gasteiger partial charge in [0.15, 0.2) is 5.69 Å². The summed E-state index contributed by atoms with van der Waals surface area (Å²) in [6.07, 6.45) is 0. The summed E-state index contributed by atoms with van der Waals surface area (Å²) in [5.41, 5.74) is 0.0120. The molecule has 20 heavy (non-hydrogen) atoms. The van der Waals surface area contributed by atoms with Crippen LogP contribution in [-0.4, -0.2) is 27.7 Å². The van der Waals surface area contributed by atoms with Crippen LogP contribution in [0.25, 0.3) is 0 Å². The summed E-state index contributed by atoms with van der Waals surface area (Å²) in [4.78, 5) is 27.3. The van der Waals surface area contributed by atoms with Gasteiger partial charge in [-0.05, 0) is 12.1 Å². The van der Waals surface area contributed by atoms with Gasteiger partial charge >= 0.3 is 5.97 Å². The second-order valence-corrected chi connectivity index (χ2v) is 5.80. The molecule has 0 aliphatic heterocycles. The Balaban J connectivity index is 1.76. The first-order valence-electron chi connectivity index (χ1n) is 5.77. The number of amides is 1. The van der Waals surface area contributed by atoms with E-state index in [-0.39, 0.29) is 18.1 Å². The molecule has 2 rings (SSSR count). The topological polar surface area (TPSA) is 79.3 Å². The van der Waals surface area contributed by atoms with E-state index in [9.17, 15) is 9.59 Å². The van der Waals surface area contributed by atoms with E-state index in [2.05, 4.69) is 10.3 Å². The lowest BCUT2D eigenvalue weighted by molar-refractivity contribution is -0.118. The molecule has 0 aliphatic carbocycles. The van der Waals surface area contributed by atoms with Gasteiger partial charge in [0.2, 0.25) is 5.91 Å². The number of nitrogens with zero attached hydrogens (tertiary/aromatic N) is 1. The van der Waals surface area contributed by atoms with Gasteiger partial charge in [-0.1, -0.05) is 18.2 Å². The highest BCUT2D eigenvalue weighted by atomic mass is 32.2. The Hall–Kier alpha value is -1.86. The molecule has 2 N–H and O–H groups in total. The van der Waals surface area contributed by atoms with E-state index in [1.54, 1.807) is 0 Å². The number of carboxylic acids is 1. The van der Waals surface area contributed by atoms with Gasteiger partial charge in [-0.2, -0.15) is 0 Å². The van der Waals surface area contributed by atoms with Crippen molar-refractivity contribution in [3.8, 4) is 0 Å². The Labute approximate surface area is 124 Å². The summed E-state index contributed by atoms with van der Waals surface area (Å²) < 4.78 is 0. The number of hydrogen-bond donors (Lipinski definition) is 2. The number of rotatable bonds is 6. The zero-order chi connectivity index (χ0) is 14.4. The summed E-state index contributed by atoms with van der Waals surface area (Å²) in [7, 11) is 0. The molecule has 0 bridgehead atoms. The number of carbonyl (C=O) groups excluding carboxylic acids is 1. The maximum atomic E-state index is 11.7. The van der Waals surface area contributed by atoms with Gasteiger partial charge in [0, 0.05) is 10.3 Å². The van der Waals surface area contributed by atoms with Crippen molar-refractivity contribution in [1.29, 1.82) is 0 Å². The smallest absolute Gasteiger partial charge is 0.355 e. The number of thiazole rings is 1. The third-order valence-electron chi connectivity index (χ3n) is 2.32. The van der Waals surface area contributed by atoms with Crippen LogP contribution >= 0.6 is 23.1 Å². The van der Waals surface area contributed by atoms with Gasteiger partial charge in [-0.3, -0.25) is 4.79 Å². The molecular weight excluding hydrogens is 296 g/mol. The van der Waals surface area contributed by atoms with E-state index in [1.165, 1.54) is 28.5 Å². The van der Waals surface area contributed by atoms with Crippen LogP contribution in [0.4, 0.5) is 0 Å². The summed E-state index contributed by atoms with van der Waals surface area (Å²) in [5, 5.41) is 13.5. The Morgan fingerprint density at radius 2 is 2.05 bits per heavy atom. The normalized spacial score (nSPS) is 10.2. The maximum absolute atomic E-state index is 11.7. The van der Waals surface area contributed by atoms with E-state index in [4.69, 9.17) is 5.11 Å². The summed E-state index contributed by atoms with van der Waals surface area (Å²) in [6, 6.07) is 9.65. The summed E-state index contributed by atoms with van der Waals surface area (Å²) in [6.45, 7) is 0.256. The Morgan fingerprint density at radius 3 is 2.70 bits per heavy atom. The van der Waals surface area contributed by atoms with Crippen LogP contribution in [-0.2, 0) is 11.3 Å². The Kier molecular flexibility index (Phi) is 5.14. The van der Waals surface area contributed by atoms with Gasteiger partial charge in [-0.15, -0.1) is 23.1 Å². The zero-order valence-corrected chi connectivity index (χ0v) is 12.0. The van der Waals surface area contributed by atoms with E-state index in [0.717, 1.165) is 4.90 Å². The molecule has 0 fully saturated rings. The van der Waals surface area contributed by atoms with Gasteiger partial charge in [0.25, 0.3) is 0 Å². The predicted octanol–water partition coefficient (Wildman–Crippen LogP) is 2.25. The fraction of sp³-hybridized carbons (Fsp3) is 0.154. The lowest BCUT2D eigenvalue weighted by atomic mass is 10.4. The van der Waals surface area contributed by atoms with Gasteiger partial charge in [0.1, 0.15) is 5.01 Å². The van der Waals surface area contributed by atoms with Crippen LogP contribution in [0.3, 0.4) is 0 Å². The van der Waals surface area contributed by atoms with Crippen molar-refractivity contribution in [2.24, 2.45) is 0 Å². The second-order valence-electron chi connectivity index (χ2n) is 3.81. The van der Waals surface area contributed by atoms with E-state index >= 15 is 0 Å². The Bertz CT molecular complexity index is 599. The van der Waals surface area contributed by atoms with Crippen molar-refractivity contribution in [3.05, 3.63) is 46.4 Å². The number of thioether (sulfide) groups is 1. The molecule has 0 spiro atoms. The molecule has 1 aromatic heterocycles. The molecule has 0 saturated carbocycles. The molecule has 0 saturated heterocycles. The molecule has 2 aromatic rings. The first-order chi connectivity index (χ1) is 9.65. The number of aromatic carboxylic acids is 1. The fourth-order valence-corrected chi connectivity index (χ4v) is 2.84. The minimum atomic E-state index is -1.06. The number of hydrogen-bond acceptors (Lipinski definition) is 5. The van der Waals surface area contributed by atoms with Crippen LogP contribution in [0.2, 0.25) is 0 Å². The molecule has 0 unspecified atom stereocenters. The lowest BCUT2D eigenvalue weighted by Gasteiger charge is -2.03. The zero-order valence-electron chi connectivity index (χ0n) is 10.4. The van der Waals surface area contributed by atoms with Crippen LogP contribution < -0.4 is 5.32 Å². The van der Waals surface area contributed by atoms with E-state index < -0.39 is 5.97 Å². The number of benzene rings is 1. The predicted molar refractivity (Wildman–Crippen MR) is 78.1 cm³/mol. The van der Waals surface area contributed by atoms with Crippen molar-refractivity contribution in [1.82, 2.24) is 10.3 Å². The molecule has 1 heterocycles. The third-order valence-corrected chi connectivity index (χ3v) is 4.18. The van der Waals surface area contributed by atoms with Crippen molar-refractivity contribution in [2.45, 2.75) is 11.4 Å². The largest absolute Gasteiger partial charge is 0.476 e. The molecule has 0 aliphatic rings. The third kappa shape index (κ3) is 4.36. The summed E-state index contributed by atoms with van der Waals surface area (Å²) in [5.74, 6) is -0.842. The van der Waals surface area contributed by atoms with Crippen LogP contribution in [0.15, 0.2) is 40.6 Å². The lowest BCUT2D eigenvalue weighted by Crippen LogP contribution is -2.24. The van der Waals surface area contributed by atoms with Crippen molar-refractivity contribution in [3.63, 3.8) is 0 Å². The quantitative estimate of drug-likeness (QED) is 0.800. The molecule has 0 atom stereocenters. The van der Waals surface area contributed by atoms with Gasteiger partial charge in [-0.25, -0.2) is 9.78 Å². The molecule has 5 nitrogen and oxygen atoms in total. The molecule has 0 radical (unpaired) electrons. The van der Waals surface area contributed by atoms with Gasteiger partial charge < -0.3 is 10.4 Å². The molecule has 1 amide bonds. The minimum absolute atomic E-state index is 0.0120. The number of aromatic nitrogens is 1. The van der Waals surface area contributed by atoms with Crippen molar-refractivity contribution < 1.29 is 14.7 Å². The van der Waals surface area contributed by atoms with Crippen molar-refractivity contribution >= 4 is 35.0 Å². The average Bonchev–Trinajstić information content (AvgIpc) is 2.93. The highest BCUT2D eigenvalue weighted by Crippen LogP contribution is 2.16. The number of nitrogens with one attached hydrogen (secondary N) is 1. The van der Waals surface area contributed by atoms with Crippen LogP contribution in [0, 0.1) is 0 Å².